The third kappa shape index (κ3) is 6.18. The second-order valence-electron chi connectivity index (χ2n) is 9.22. The van der Waals surface area contributed by atoms with Crippen LogP contribution in [0.4, 0.5) is 9.18 Å². The molecule has 0 spiro atoms. The van der Waals surface area contributed by atoms with Crippen LogP contribution in [0.25, 0.3) is 0 Å². The number of benzene rings is 1. The second-order valence-corrected chi connectivity index (χ2v) is 9.22. The fraction of sp³-hybridized carbons (Fsp3) is 0.667. The summed E-state index contributed by atoms with van der Waals surface area (Å²) in [6, 6.07) is 5.12. The van der Waals surface area contributed by atoms with E-state index < -0.39 is 12.2 Å². The number of hydrogen-bond acceptors (Lipinski definition) is 4. The Morgan fingerprint density at radius 2 is 2.00 bits per heavy atom. The summed E-state index contributed by atoms with van der Waals surface area (Å²) >= 11 is 0. The van der Waals surface area contributed by atoms with Gasteiger partial charge < -0.3 is 10.1 Å². The van der Waals surface area contributed by atoms with Crippen molar-refractivity contribution in [2.24, 2.45) is 0 Å². The van der Waals surface area contributed by atoms with Gasteiger partial charge in [-0.25, -0.2) is 9.18 Å². The highest BCUT2D eigenvalue weighted by atomic mass is 19.1. The number of rotatable bonds is 4. The lowest BCUT2D eigenvalue weighted by Gasteiger charge is -2.45. The van der Waals surface area contributed by atoms with Crippen molar-refractivity contribution in [3.8, 4) is 0 Å². The van der Waals surface area contributed by atoms with Gasteiger partial charge in [0.2, 0.25) is 0 Å². The number of likely N-dealkylation sites (N-methyl/N-ethyl adjacent to an activating group) is 1. The number of amides is 1. The van der Waals surface area contributed by atoms with Crippen molar-refractivity contribution in [1.29, 1.82) is 0 Å². The first kappa shape index (κ1) is 21.6. The first-order valence-corrected chi connectivity index (χ1v) is 9.58. The lowest BCUT2D eigenvalue weighted by molar-refractivity contribution is 0.0355. The van der Waals surface area contributed by atoms with Crippen LogP contribution in [-0.4, -0.2) is 53.7 Å². The van der Waals surface area contributed by atoms with E-state index in [-0.39, 0.29) is 16.9 Å². The Kier molecular flexibility index (Phi) is 6.53. The maximum atomic E-state index is 14.7. The number of hydrogen-bond donors (Lipinski definition) is 1. The predicted octanol–water partition coefficient (Wildman–Crippen LogP) is 3.94. The molecule has 0 aromatic heterocycles. The van der Waals surface area contributed by atoms with Gasteiger partial charge in [-0.2, -0.15) is 0 Å². The Morgan fingerprint density at radius 1 is 1.33 bits per heavy atom. The first-order valence-electron chi connectivity index (χ1n) is 9.58. The normalized spacial score (nSPS) is 19.6. The van der Waals surface area contributed by atoms with Crippen LogP contribution in [0.1, 0.15) is 58.8 Å². The highest BCUT2D eigenvalue weighted by molar-refractivity contribution is 5.68. The summed E-state index contributed by atoms with van der Waals surface area (Å²) in [5.74, 6) is -0.254. The molecule has 0 saturated carbocycles. The molecule has 1 fully saturated rings. The number of alkyl carbamates (subject to hydrolysis) is 1. The maximum Gasteiger partial charge on any atom is 0.408 e. The quantitative estimate of drug-likeness (QED) is 0.861. The summed E-state index contributed by atoms with van der Waals surface area (Å²) in [7, 11) is 2.13. The molecule has 5 nitrogen and oxygen atoms in total. The molecule has 152 valence electrons. The van der Waals surface area contributed by atoms with Gasteiger partial charge in [0, 0.05) is 42.8 Å². The monoisotopic (exact) mass is 379 g/mol. The maximum absolute atomic E-state index is 14.7. The van der Waals surface area contributed by atoms with Gasteiger partial charge in [-0.15, -0.1) is 0 Å². The Labute approximate surface area is 162 Å². The largest absolute Gasteiger partial charge is 0.442 e. The van der Waals surface area contributed by atoms with Gasteiger partial charge in [-0.1, -0.05) is 12.1 Å². The zero-order chi connectivity index (χ0) is 20.4. The van der Waals surface area contributed by atoms with E-state index in [0.29, 0.717) is 17.7 Å². The number of halogens is 1. The zero-order valence-electron chi connectivity index (χ0n) is 17.7. The van der Waals surface area contributed by atoms with Gasteiger partial charge in [0.15, 0.2) is 0 Å². The van der Waals surface area contributed by atoms with Gasteiger partial charge in [0.1, 0.15) is 11.9 Å². The van der Waals surface area contributed by atoms with E-state index in [9.17, 15) is 9.18 Å². The minimum absolute atomic E-state index is 0.0808. The average Bonchev–Trinajstić information content (AvgIpc) is 2.50. The van der Waals surface area contributed by atoms with Crippen LogP contribution in [0.5, 0.6) is 0 Å². The molecule has 1 atom stereocenters. The summed E-state index contributed by atoms with van der Waals surface area (Å²) in [5, 5.41) is 2.75. The molecular formula is C21H34FN3O2. The molecule has 0 unspecified atom stereocenters. The van der Waals surface area contributed by atoms with Crippen LogP contribution in [-0.2, 0) is 11.3 Å². The van der Waals surface area contributed by atoms with Crippen molar-refractivity contribution in [2.75, 3.05) is 26.7 Å². The fourth-order valence-electron chi connectivity index (χ4n) is 3.23. The summed E-state index contributed by atoms with van der Waals surface area (Å²) in [6.07, 6.45) is -1.02. The lowest BCUT2D eigenvalue weighted by Crippen LogP contribution is -2.57. The minimum atomic E-state index is -0.515. The van der Waals surface area contributed by atoms with Crippen LogP contribution in [0.15, 0.2) is 18.2 Å². The van der Waals surface area contributed by atoms with E-state index >= 15 is 0 Å². The second kappa shape index (κ2) is 8.15. The molecule has 1 N–H and O–H groups in total. The molecule has 1 aliphatic rings. The number of carbonyl (C=O) groups excluding carboxylic acids is 1. The van der Waals surface area contributed by atoms with Crippen molar-refractivity contribution < 1.29 is 13.9 Å². The van der Waals surface area contributed by atoms with Crippen molar-refractivity contribution in [2.45, 2.75) is 65.3 Å². The van der Waals surface area contributed by atoms with E-state index in [0.717, 1.165) is 19.6 Å². The number of nitrogens with zero attached hydrogens (tertiary/aromatic N) is 2. The van der Waals surface area contributed by atoms with Crippen molar-refractivity contribution in [3.05, 3.63) is 35.1 Å². The molecule has 1 heterocycles. The van der Waals surface area contributed by atoms with Crippen LogP contribution < -0.4 is 5.32 Å². The highest BCUT2D eigenvalue weighted by Crippen LogP contribution is 2.24. The SMILES string of the molecule is C[C@H](OC(=O)NC(C)(C)C)c1ccc(CN2CCN(C)C(C)(C)C2)c(F)c1. The Morgan fingerprint density at radius 3 is 2.56 bits per heavy atom. The zero-order valence-corrected chi connectivity index (χ0v) is 17.7. The summed E-state index contributed by atoms with van der Waals surface area (Å²) in [5.41, 5.74) is 1.03. The smallest absolute Gasteiger partial charge is 0.408 e. The number of ether oxygens (including phenoxy) is 1. The standard InChI is InChI=1S/C21H34FN3O2/c1-15(27-19(26)23-20(2,3)4)16-8-9-17(18(22)12-16)13-25-11-10-24(7)21(5,6)14-25/h8-9,12,15H,10-11,13-14H2,1-7H3,(H,23,26)/t15-/m0/s1. The molecule has 1 amide bonds. The molecule has 1 aromatic rings. The molecule has 6 heteroatoms. The number of piperazine rings is 1. The predicted molar refractivity (Wildman–Crippen MR) is 106 cm³/mol. The van der Waals surface area contributed by atoms with Gasteiger partial charge in [0.05, 0.1) is 0 Å². The van der Waals surface area contributed by atoms with Gasteiger partial charge in [-0.05, 0) is 60.2 Å². The third-order valence-corrected chi connectivity index (χ3v) is 5.10. The first-order chi connectivity index (χ1) is 12.4. The van der Waals surface area contributed by atoms with Crippen molar-refractivity contribution in [1.82, 2.24) is 15.1 Å². The summed E-state index contributed by atoms with van der Waals surface area (Å²) in [4.78, 5) is 16.5. The molecule has 0 bridgehead atoms. The molecule has 1 aromatic carbocycles. The van der Waals surface area contributed by atoms with E-state index in [1.165, 1.54) is 6.07 Å². The van der Waals surface area contributed by atoms with E-state index in [1.54, 1.807) is 13.0 Å². The van der Waals surface area contributed by atoms with E-state index in [2.05, 4.69) is 36.0 Å². The molecule has 1 saturated heterocycles. The van der Waals surface area contributed by atoms with Gasteiger partial charge in [0.25, 0.3) is 0 Å². The van der Waals surface area contributed by atoms with Crippen LogP contribution in [0, 0.1) is 5.82 Å². The van der Waals surface area contributed by atoms with Crippen molar-refractivity contribution in [3.63, 3.8) is 0 Å². The molecule has 1 aliphatic heterocycles. The van der Waals surface area contributed by atoms with E-state index in [1.807, 2.05) is 26.8 Å². The number of carbonyl (C=O) groups is 1. The Hall–Kier alpha value is -1.66. The van der Waals surface area contributed by atoms with Crippen LogP contribution in [0.2, 0.25) is 0 Å². The topological polar surface area (TPSA) is 44.8 Å². The Balaban J connectivity index is 2.00. The molecule has 0 aliphatic carbocycles. The highest BCUT2D eigenvalue weighted by Gasteiger charge is 2.31. The van der Waals surface area contributed by atoms with E-state index in [4.69, 9.17) is 4.74 Å². The number of nitrogens with one attached hydrogen (secondary N) is 1. The van der Waals surface area contributed by atoms with Gasteiger partial charge >= 0.3 is 6.09 Å². The fourth-order valence-corrected chi connectivity index (χ4v) is 3.23. The van der Waals surface area contributed by atoms with Crippen molar-refractivity contribution >= 4 is 6.09 Å². The minimum Gasteiger partial charge on any atom is -0.442 e. The molecular weight excluding hydrogens is 345 g/mol. The third-order valence-electron chi connectivity index (χ3n) is 5.10. The van der Waals surface area contributed by atoms with Gasteiger partial charge in [-0.3, -0.25) is 9.80 Å². The van der Waals surface area contributed by atoms with Crippen LogP contribution >= 0.6 is 0 Å². The average molecular weight is 380 g/mol. The summed E-state index contributed by atoms with van der Waals surface area (Å²) < 4.78 is 20.0. The Bertz CT molecular complexity index is 670. The molecule has 0 radical (unpaired) electrons. The molecule has 27 heavy (non-hydrogen) atoms. The lowest BCUT2D eigenvalue weighted by atomic mass is 9.99. The summed E-state index contributed by atoms with van der Waals surface area (Å²) in [6.45, 7) is 15.2. The van der Waals surface area contributed by atoms with Crippen LogP contribution in [0.3, 0.4) is 0 Å². The molecule has 2 rings (SSSR count).